The average molecular weight is 434 g/mol. The second kappa shape index (κ2) is 7.89. The first-order chi connectivity index (χ1) is 14.3. The molecule has 4 rings (SSSR count). The van der Waals surface area contributed by atoms with Crippen molar-refractivity contribution in [1.29, 1.82) is 0 Å². The quantitative estimate of drug-likeness (QED) is 0.571. The molecule has 2 aromatic carbocycles. The lowest BCUT2D eigenvalue weighted by atomic mass is 9.92. The molecule has 0 amide bonds. The Kier molecular flexibility index (Phi) is 5.42. The molecule has 0 spiro atoms. The molecule has 0 saturated carbocycles. The van der Waals surface area contributed by atoms with Crippen molar-refractivity contribution in [2.75, 3.05) is 7.05 Å². The summed E-state index contributed by atoms with van der Waals surface area (Å²) in [6.45, 7) is 1.78. The smallest absolute Gasteiger partial charge is 0.358 e. The molecule has 30 heavy (non-hydrogen) atoms. The van der Waals surface area contributed by atoms with Crippen LogP contribution in [0.1, 0.15) is 35.0 Å². The van der Waals surface area contributed by atoms with Gasteiger partial charge in [-0.25, -0.2) is 0 Å². The van der Waals surface area contributed by atoms with Crippen molar-refractivity contribution in [1.82, 2.24) is 10.5 Å². The van der Waals surface area contributed by atoms with Crippen molar-refractivity contribution in [2.24, 2.45) is 4.99 Å². The van der Waals surface area contributed by atoms with Gasteiger partial charge in [-0.3, -0.25) is 4.99 Å². The van der Waals surface area contributed by atoms with E-state index in [9.17, 15) is 13.2 Å². The van der Waals surface area contributed by atoms with Gasteiger partial charge in [0.2, 0.25) is 0 Å². The molecule has 156 valence electrons. The molecule has 0 aliphatic carbocycles. The van der Waals surface area contributed by atoms with Crippen LogP contribution in [0.15, 0.2) is 58.0 Å². The highest BCUT2D eigenvalue weighted by Crippen LogP contribution is 2.42. The number of hydrogen-bond donors (Lipinski definition) is 1. The van der Waals surface area contributed by atoms with E-state index < -0.39 is 18.3 Å². The van der Waals surface area contributed by atoms with Crippen LogP contribution in [-0.4, -0.2) is 30.1 Å². The van der Waals surface area contributed by atoms with Crippen LogP contribution < -0.4 is 5.32 Å². The zero-order valence-electron chi connectivity index (χ0n) is 16.3. The van der Waals surface area contributed by atoms with Crippen LogP contribution in [-0.2, 0) is 0 Å². The molecule has 1 N–H and O–H groups in total. The number of aryl methyl sites for hydroxylation is 1. The summed E-state index contributed by atoms with van der Waals surface area (Å²) in [5, 5.41) is 6.95. The fraction of sp³-hybridized carbons (Fsp3) is 0.273. The van der Waals surface area contributed by atoms with E-state index in [2.05, 4.69) is 10.5 Å². The van der Waals surface area contributed by atoms with Crippen molar-refractivity contribution in [3.05, 3.63) is 76.1 Å². The van der Waals surface area contributed by atoms with Crippen LogP contribution in [0, 0.1) is 6.92 Å². The van der Waals surface area contributed by atoms with Gasteiger partial charge in [0.15, 0.2) is 5.76 Å². The molecular weight excluding hydrogens is 415 g/mol. The van der Waals surface area contributed by atoms with Crippen molar-refractivity contribution in [2.45, 2.75) is 31.6 Å². The Labute approximate surface area is 176 Å². The molecule has 0 fully saturated rings. The van der Waals surface area contributed by atoms with Gasteiger partial charge in [-0.2, -0.15) is 13.2 Å². The minimum atomic E-state index is -4.42. The molecule has 0 saturated heterocycles. The van der Waals surface area contributed by atoms with Crippen LogP contribution in [0.3, 0.4) is 0 Å². The maximum atomic E-state index is 13.5. The summed E-state index contributed by atoms with van der Waals surface area (Å²) >= 11 is 6.03. The van der Waals surface area contributed by atoms with Gasteiger partial charge in [-0.05, 0) is 31.7 Å². The fourth-order valence-electron chi connectivity index (χ4n) is 3.77. The Morgan fingerprint density at radius 1 is 1.10 bits per heavy atom. The molecule has 3 aromatic rings. The largest absolute Gasteiger partial charge is 0.403 e. The Balaban J connectivity index is 1.93. The summed E-state index contributed by atoms with van der Waals surface area (Å²) < 4.78 is 46.1. The highest BCUT2D eigenvalue weighted by atomic mass is 35.5. The molecule has 0 bridgehead atoms. The number of hydrogen-bond acceptors (Lipinski definition) is 4. The van der Waals surface area contributed by atoms with Gasteiger partial charge in [-0.1, -0.05) is 53.2 Å². The second-order valence-corrected chi connectivity index (χ2v) is 7.61. The van der Waals surface area contributed by atoms with E-state index in [0.29, 0.717) is 27.8 Å². The molecule has 1 aromatic heterocycles. The van der Waals surface area contributed by atoms with Gasteiger partial charge >= 0.3 is 6.18 Å². The molecule has 8 heteroatoms. The molecule has 1 aliphatic heterocycles. The standard InChI is InChI=1S/C22H19ClF3N3O/c1-12-19-15-5-3-4-6-16(15)20(13-7-9-14(23)10-8-13)28-17(21(19)30-29-12)11-18(27-2)22(24,25)26/h3-10,17-18,27H,11H2,1-2H3/t17-,18?/m0/s1. The van der Waals surface area contributed by atoms with E-state index in [1.807, 2.05) is 36.4 Å². The predicted octanol–water partition coefficient (Wildman–Crippen LogP) is 5.74. The van der Waals surface area contributed by atoms with Gasteiger partial charge in [0.05, 0.1) is 17.0 Å². The lowest BCUT2D eigenvalue weighted by molar-refractivity contribution is -0.157. The number of fused-ring (bicyclic) bond motifs is 3. The van der Waals surface area contributed by atoms with E-state index in [1.165, 1.54) is 7.05 Å². The fourth-order valence-corrected chi connectivity index (χ4v) is 3.90. The number of aromatic nitrogens is 1. The third-order valence-corrected chi connectivity index (χ3v) is 5.50. The van der Waals surface area contributed by atoms with Crippen LogP contribution in [0.25, 0.3) is 11.1 Å². The third-order valence-electron chi connectivity index (χ3n) is 5.25. The summed E-state index contributed by atoms with van der Waals surface area (Å²) in [5.74, 6) is 0.341. The number of halogens is 4. The molecule has 2 atom stereocenters. The van der Waals surface area contributed by atoms with Gasteiger partial charge in [-0.15, -0.1) is 0 Å². The second-order valence-electron chi connectivity index (χ2n) is 7.17. The van der Waals surface area contributed by atoms with Crippen molar-refractivity contribution in [3.8, 4) is 11.1 Å². The van der Waals surface area contributed by atoms with E-state index in [1.54, 1.807) is 19.1 Å². The Morgan fingerprint density at radius 3 is 2.40 bits per heavy atom. The summed E-state index contributed by atoms with van der Waals surface area (Å²) in [4.78, 5) is 4.77. The first kappa shape index (κ1) is 20.6. The lowest BCUT2D eigenvalue weighted by Crippen LogP contribution is -2.41. The van der Waals surface area contributed by atoms with Crippen molar-refractivity contribution < 1.29 is 17.7 Å². The summed E-state index contributed by atoms with van der Waals surface area (Å²) in [5.41, 5.74) is 4.30. The SMILES string of the molecule is CNC(C[C@@H]1N=C(c2ccc(Cl)cc2)c2ccccc2-c2c(C)noc21)C(F)(F)F. The topological polar surface area (TPSA) is 50.4 Å². The maximum Gasteiger partial charge on any atom is 0.403 e. The number of aliphatic imine (C=N–C) groups is 1. The monoisotopic (exact) mass is 433 g/mol. The lowest BCUT2D eigenvalue weighted by Gasteiger charge is -2.22. The maximum absolute atomic E-state index is 13.5. The molecular formula is C22H19ClF3N3O. The van der Waals surface area contributed by atoms with Gasteiger partial charge in [0, 0.05) is 22.6 Å². The minimum Gasteiger partial charge on any atom is -0.358 e. The first-order valence-corrected chi connectivity index (χ1v) is 9.81. The van der Waals surface area contributed by atoms with Crippen LogP contribution in [0.2, 0.25) is 5.02 Å². The first-order valence-electron chi connectivity index (χ1n) is 9.43. The molecule has 1 unspecified atom stereocenters. The molecule has 4 nitrogen and oxygen atoms in total. The van der Waals surface area contributed by atoms with E-state index >= 15 is 0 Å². The highest BCUT2D eigenvalue weighted by molar-refractivity contribution is 6.30. The van der Waals surface area contributed by atoms with E-state index in [-0.39, 0.29) is 6.42 Å². The number of benzene rings is 2. The van der Waals surface area contributed by atoms with Crippen molar-refractivity contribution in [3.63, 3.8) is 0 Å². The summed E-state index contributed by atoms with van der Waals surface area (Å²) in [6, 6.07) is 12.1. The Morgan fingerprint density at radius 2 is 1.77 bits per heavy atom. The van der Waals surface area contributed by atoms with E-state index in [0.717, 1.165) is 16.7 Å². The number of nitrogens with zero attached hydrogens (tertiary/aromatic N) is 2. The number of alkyl halides is 3. The van der Waals surface area contributed by atoms with Crippen LogP contribution in [0.4, 0.5) is 13.2 Å². The molecule has 2 heterocycles. The van der Waals surface area contributed by atoms with Gasteiger partial charge < -0.3 is 9.84 Å². The highest BCUT2D eigenvalue weighted by Gasteiger charge is 2.42. The number of nitrogens with one attached hydrogen (secondary N) is 1. The molecule has 1 aliphatic rings. The number of rotatable bonds is 4. The Bertz CT molecular complexity index is 1090. The zero-order valence-corrected chi connectivity index (χ0v) is 17.1. The average Bonchev–Trinajstić information content (AvgIpc) is 3.03. The predicted molar refractivity (Wildman–Crippen MR) is 110 cm³/mol. The Hall–Kier alpha value is -2.64. The van der Waals surface area contributed by atoms with Crippen molar-refractivity contribution >= 4 is 17.3 Å². The minimum absolute atomic E-state index is 0.313. The van der Waals surface area contributed by atoms with Gasteiger partial charge in [0.1, 0.15) is 12.1 Å². The molecule has 0 radical (unpaired) electrons. The third kappa shape index (κ3) is 3.75. The summed E-state index contributed by atoms with van der Waals surface area (Å²) in [7, 11) is 1.29. The van der Waals surface area contributed by atoms with Crippen LogP contribution in [0.5, 0.6) is 0 Å². The van der Waals surface area contributed by atoms with E-state index in [4.69, 9.17) is 21.1 Å². The summed E-state index contributed by atoms with van der Waals surface area (Å²) in [6.07, 6.45) is -4.73. The van der Waals surface area contributed by atoms with Gasteiger partial charge in [0.25, 0.3) is 0 Å². The zero-order chi connectivity index (χ0) is 21.5. The normalized spacial score (nSPS) is 17.0. The van der Waals surface area contributed by atoms with Crippen LogP contribution >= 0.6 is 11.6 Å².